The van der Waals surface area contributed by atoms with Crippen LogP contribution >= 0.6 is 0 Å². The molecular formula is C17H27NO2. The third-order valence-corrected chi connectivity index (χ3v) is 4.45. The summed E-state index contributed by atoms with van der Waals surface area (Å²) >= 11 is 0. The Bertz CT molecular complexity index is 431. The van der Waals surface area contributed by atoms with Crippen LogP contribution in [0.15, 0.2) is 18.2 Å². The van der Waals surface area contributed by atoms with E-state index in [1.165, 1.54) is 25.7 Å². The number of anilines is 1. The molecule has 20 heavy (non-hydrogen) atoms. The summed E-state index contributed by atoms with van der Waals surface area (Å²) in [6.45, 7) is 6.25. The molecule has 0 saturated carbocycles. The van der Waals surface area contributed by atoms with Crippen molar-refractivity contribution in [1.82, 2.24) is 0 Å². The van der Waals surface area contributed by atoms with Gasteiger partial charge in [0.15, 0.2) is 0 Å². The van der Waals surface area contributed by atoms with Crippen LogP contribution in [0.1, 0.15) is 51.2 Å². The topological polar surface area (TPSA) is 32.7 Å². The van der Waals surface area contributed by atoms with Crippen LogP contribution in [0.3, 0.4) is 0 Å². The fraction of sp³-hybridized carbons (Fsp3) is 0.647. The molecule has 1 aromatic rings. The van der Waals surface area contributed by atoms with Crippen LogP contribution in [-0.4, -0.2) is 25.3 Å². The second-order valence-electron chi connectivity index (χ2n) is 5.76. The van der Waals surface area contributed by atoms with E-state index >= 15 is 0 Å². The highest BCUT2D eigenvalue weighted by Crippen LogP contribution is 2.36. The maximum atomic E-state index is 10.1. The maximum absolute atomic E-state index is 10.1. The zero-order chi connectivity index (χ0) is 14.5. The Morgan fingerprint density at radius 2 is 2.15 bits per heavy atom. The van der Waals surface area contributed by atoms with Gasteiger partial charge in [-0.2, -0.15) is 0 Å². The lowest BCUT2D eigenvalue weighted by atomic mass is 9.98. The van der Waals surface area contributed by atoms with Crippen molar-refractivity contribution in [3.8, 4) is 5.75 Å². The SMILES string of the molecule is CCC1CCCN(c2cccc(OC)c2[C@@H](C)O)CC1. The van der Waals surface area contributed by atoms with E-state index in [1.807, 2.05) is 19.1 Å². The van der Waals surface area contributed by atoms with Crippen LogP contribution in [0.4, 0.5) is 5.69 Å². The number of nitrogens with zero attached hydrogens (tertiary/aromatic N) is 1. The minimum atomic E-state index is -0.508. The molecule has 1 saturated heterocycles. The van der Waals surface area contributed by atoms with Gasteiger partial charge >= 0.3 is 0 Å². The fourth-order valence-corrected chi connectivity index (χ4v) is 3.22. The average Bonchev–Trinajstić information content (AvgIpc) is 2.71. The molecule has 0 radical (unpaired) electrons. The largest absolute Gasteiger partial charge is 0.496 e. The lowest BCUT2D eigenvalue weighted by Crippen LogP contribution is -2.26. The highest BCUT2D eigenvalue weighted by atomic mass is 16.5. The van der Waals surface area contributed by atoms with Gasteiger partial charge in [-0.25, -0.2) is 0 Å². The number of methoxy groups -OCH3 is 1. The van der Waals surface area contributed by atoms with E-state index in [-0.39, 0.29) is 0 Å². The van der Waals surface area contributed by atoms with Crippen LogP contribution < -0.4 is 9.64 Å². The van der Waals surface area contributed by atoms with Crippen molar-refractivity contribution in [3.63, 3.8) is 0 Å². The lowest BCUT2D eigenvalue weighted by molar-refractivity contribution is 0.194. The molecule has 2 rings (SSSR count). The monoisotopic (exact) mass is 277 g/mol. The van der Waals surface area contributed by atoms with E-state index < -0.39 is 6.10 Å². The van der Waals surface area contributed by atoms with Crippen molar-refractivity contribution in [1.29, 1.82) is 0 Å². The minimum Gasteiger partial charge on any atom is -0.496 e. The van der Waals surface area contributed by atoms with Crippen LogP contribution in [0.5, 0.6) is 5.75 Å². The molecular weight excluding hydrogens is 250 g/mol. The van der Waals surface area contributed by atoms with Gasteiger partial charge in [-0.1, -0.05) is 19.4 Å². The van der Waals surface area contributed by atoms with E-state index in [2.05, 4.69) is 17.9 Å². The molecule has 1 N–H and O–H groups in total. The summed E-state index contributed by atoms with van der Waals surface area (Å²) in [5.74, 6) is 1.63. The van der Waals surface area contributed by atoms with Crippen molar-refractivity contribution in [2.45, 2.75) is 45.6 Å². The van der Waals surface area contributed by atoms with Gasteiger partial charge in [-0.05, 0) is 44.2 Å². The van der Waals surface area contributed by atoms with Crippen LogP contribution in [-0.2, 0) is 0 Å². The molecule has 1 fully saturated rings. The van der Waals surface area contributed by atoms with E-state index in [4.69, 9.17) is 4.74 Å². The Labute approximate surface area is 122 Å². The quantitative estimate of drug-likeness (QED) is 0.909. The molecule has 0 aliphatic carbocycles. The van der Waals surface area contributed by atoms with Gasteiger partial charge in [0.25, 0.3) is 0 Å². The van der Waals surface area contributed by atoms with Crippen molar-refractivity contribution in [2.24, 2.45) is 5.92 Å². The standard InChI is InChI=1S/C17H27NO2/c1-4-14-7-6-11-18(12-10-14)15-8-5-9-16(20-3)17(15)13(2)19/h5,8-9,13-14,19H,4,6-7,10-12H2,1-3H3/t13-,14?/m1/s1. The fourth-order valence-electron chi connectivity index (χ4n) is 3.22. The molecule has 0 aromatic heterocycles. The highest BCUT2D eigenvalue weighted by molar-refractivity contribution is 5.60. The van der Waals surface area contributed by atoms with Crippen molar-refractivity contribution < 1.29 is 9.84 Å². The van der Waals surface area contributed by atoms with Gasteiger partial charge in [0.2, 0.25) is 0 Å². The summed E-state index contributed by atoms with van der Waals surface area (Å²) in [7, 11) is 1.67. The summed E-state index contributed by atoms with van der Waals surface area (Å²) in [5, 5.41) is 10.1. The third kappa shape index (κ3) is 3.26. The van der Waals surface area contributed by atoms with Gasteiger partial charge in [0.1, 0.15) is 5.75 Å². The number of hydrogen-bond donors (Lipinski definition) is 1. The van der Waals surface area contributed by atoms with Crippen molar-refractivity contribution >= 4 is 5.69 Å². The Hall–Kier alpha value is -1.22. The first-order chi connectivity index (χ1) is 9.67. The molecule has 1 aromatic carbocycles. The zero-order valence-corrected chi connectivity index (χ0v) is 12.9. The predicted molar refractivity (Wildman–Crippen MR) is 83.5 cm³/mol. The first-order valence-corrected chi connectivity index (χ1v) is 7.77. The molecule has 3 heteroatoms. The number of benzene rings is 1. The summed E-state index contributed by atoms with van der Waals surface area (Å²) < 4.78 is 5.42. The minimum absolute atomic E-state index is 0.508. The van der Waals surface area contributed by atoms with Crippen molar-refractivity contribution in [2.75, 3.05) is 25.1 Å². The van der Waals surface area contributed by atoms with Crippen molar-refractivity contribution in [3.05, 3.63) is 23.8 Å². The van der Waals surface area contributed by atoms with E-state index in [0.717, 1.165) is 36.0 Å². The zero-order valence-electron chi connectivity index (χ0n) is 12.9. The smallest absolute Gasteiger partial charge is 0.126 e. The van der Waals surface area contributed by atoms with Crippen LogP contribution in [0, 0.1) is 5.92 Å². The molecule has 1 aliphatic rings. The molecule has 0 amide bonds. The van der Waals surface area contributed by atoms with Gasteiger partial charge in [-0.15, -0.1) is 0 Å². The molecule has 0 spiro atoms. The van der Waals surface area contributed by atoms with E-state index in [0.29, 0.717) is 0 Å². The Kier molecular flexibility index (Phi) is 5.30. The Morgan fingerprint density at radius 3 is 2.80 bits per heavy atom. The molecule has 0 bridgehead atoms. The van der Waals surface area contributed by atoms with Gasteiger partial charge in [0.05, 0.1) is 13.2 Å². The van der Waals surface area contributed by atoms with Crippen LogP contribution in [0.2, 0.25) is 0 Å². The molecule has 1 heterocycles. The molecule has 1 aliphatic heterocycles. The molecule has 112 valence electrons. The number of aliphatic hydroxyl groups excluding tert-OH is 1. The normalized spacial score (nSPS) is 21.4. The van der Waals surface area contributed by atoms with E-state index in [1.54, 1.807) is 7.11 Å². The van der Waals surface area contributed by atoms with Gasteiger partial charge in [-0.3, -0.25) is 0 Å². The lowest BCUT2D eigenvalue weighted by Gasteiger charge is -2.27. The predicted octanol–water partition coefficient (Wildman–Crippen LogP) is 3.77. The number of aliphatic hydroxyl groups is 1. The second kappa shape index (κ2) is 6.98. The molecule has 1 unspecified atom stereocenters. The van der Waals surface area contributed by atoms with Gasteiger partial charge < -0.3 is 14.7 Å². The highest BCUT2D eigenvalue weighted by Gasteiger charge is 2.21. The molecule has 3 nitrogen and oxygen atoms in total. The number of rotatable bonds is 4. The summed E-state index contributed by atoms with van der Waals surface area (Å²) in [6, 6.07) is 6.05. The Balaban J connectivity index is 2.27. The summed E-state index contributed by atoms with van der Waals surface area (Å²) in [5.41, 5.74) is 2.06. The first-order valence-electron chi connectivity index (χ1n) is 7.77. The average molecular weight is 277 g/mol. The first kappa shape index (κ1) is 15.2. The molecule has 2 atom stereocenters. The summed E-state index contributed by atoms with van der Waals surface area (Å²) in [6.07, 6.45) is 4.56. The second-order valence-corrected chi connectivity index (χ2v) is 5.76. The number of ether oxygens (including phenoxy) is 1. The Morgan fingerprint density at radius 1 is 1.35 bits per heavy atom. The third-order valence-electron chi connectivity index (χ3n) is 4.45. The van der Waals surface area contributed by atoms with Gasteiger partial charge in [0, 0.05) is 24.3 Å². The van der Waals surface area contributed by atoms with E-state index in [9.17, 15) is 5.11 Å². The summed E-state index contributed by atoms with van der Waals surface area (Å²) in [4.78, 5) is 2.42. The van der Waals surface area contributed by atoms with Crippen LogP contribution in [0.25, 0.3) is 0 Å². The maximum Gasteiger partial charge on any atom is 0.126 e. The number of hydrogen-bond acceptors (Lipinski definition) is 3.